The van der Waals surface area contributed by atoms with Gasteiger partial charge in [0.1, 0.15) is 11.4 Å². The van der Waals surface area contributed by atoms with Gasteiger partial charge in [-0.1, -0.05) is 12.1 Å². The lowest BCUT2D eigenvalue weighted by atomic mass is 10.0. The molecule has 6 nitrogen and oxygen atoms in total. The number of nitrogens with zero attached hydrogens (tertiary/aromatic N) is 2. The average Bonchev–Trinajstić information content (AvgIpc) is 3.22. The number of aryl methyl sites for hydroxylation is 3. The normalized spacial score (nSPS) is 11.1. The molecule has 0 bridgehead atoms. The number of aromatic nitrogens is 2. The standard InChI is InChI=1S/C20H16FN3O3/c1-10-4-5-13(8-11(10)2)17-19(24-27-23-17)22-20(25)18-12(3)15-9-14(21)6-7-16(15)26-18/h4-9H,1-3H3,(H,22,24,25). The Hall–Kier alpha value is -3.48. The monoisotopic (exact) mass is 365 g/mol. The maximum atomic E-state index is 13.5. The van der Waals surface area contributed by atoms with Crippen LogP contribution < -0.4 is 5.32 Å². The van der Waals surface area contributed by atoms with Gasteiger partial charge >= 0.3 is 0 Å². The minimum absolute atomic E-state index is 0.0876. The Morgan fingerprint density at radius 2 is 1.85 bits per heavy atom. The molecule has 4 aromatic rings. The SMILES string of the molecule is Cc1ccc(-c2nonc2NC(=O)c2oc3ccc(F)cc3c2C)cc1C. The zero-order valence-corrected chi connectivity index (χ0v) is 15.0. The molecule has 0 aliphatic carbocycles. The van der Waals surface area contributed by atoms with Crippen molar-refractivity contribution in [2.24, 2.45) is 0 Å². The molecule has 0 unspecified atom stereocenters. The number of fused-ring (bicyclic) bond motifs is 1. The number of carbonyl (C=O) groups excluding carboxylic acids is 1. The zero-order valence-electron chi connectivity index (χ0n) is 15.0. The number of hydrogen-bond donors (Lipinski definition) is 1. The third kappa shape index (κ3) is 2.97. The van der Waals surface area contributed by atoms with Crippen LogP contribution in [0.15, 0.2) is 45.4 Å². The first-order valence-corrected chi connectivity index (χ1v) is 8.34. The van der Waals surface area contributed by atoms with Crippen LogP contribution in [-0.2, 0) is 0 Å². The summed E-state index contributed by atoms with van der Waals surface area (Å²) in [6.45, 7) is 5.70. The van der Waals surface area contributed by atoms with Gasteiger partial charge < -0.3 is 4.42 Å². The lowest BCUT2D eigenvalue weighted by Crippen LogP contribution is -2.13. The van der Waals surface area contributed by atoms with E-state index < -0.39 is 11.7 Å². The summed E-state index contributed by atoms with van der Waals surface area (Å²) in [5, 5.41) is 10.9. The number of hydrogen-bond acceptors (Lipinski definition) is 5. The van der Waals surface area contributed by atoms with E-state index in [9.17, 15) is 9.18 Å². The van der Waals surface area contributed by atoms with Crippen LogP contribution in [0.5, 0.6) is 0 Å². The molecular weight excluding hydrogens is 349 g/mol. The highest BCUT2D eigenvalue weighted by Crippen LogP contribution is 2.29. The number of rotatable bonds is 3. The van der Waals surface area contributed by atoms with Crippen LogP contribution in [0.1, 0.15) is 27.2 Å². The third-order valence-corrected chi connectivity index (χ3v) is 4.61. The molecule has 0 aliphatic rings. The molecular formula is C20H16FN3O3. The molecule has 27 heavy (non-hydrogen) atoms. The van der Waals surface area contributed by atoms with Gasteiger partial charge in [0.2, 0.25) is 5.82 Å². The average molecular weight is 365 g/mol. The van der Waals surface area contributed by atoms with Gasteiger partial charge in [-0.2, -0.15) is 0 Å². The molecule has 7 heteroatoms. The van der Waals surface area contributed by atoms with E-state index in [4.69, 9.17) is 9.05 Å². The van der Waals surface area contributed by atoms with Crippen molar-refractivity contribution in [2.75, 3.05) is 5.32 Å². The van der Waals surface area contributed by atoms with Crippen LogP contribution in [0.4, 0.5) is 10.2 Å². The summed E-state index contributed by atoms with van der Waals surface area (Å²) < 4.78 is 23.9. The molecule has 0 aliphatic heterocycles. The molecule has 2 aromatic heterocycles. The van der Waals surface area contributed by atoms with Crippen molar-refractivity contribution in [1.29, 1.82) is 0 Å². The Labute approximate surface area is 153 Å². The molecule has 1 N–H and O–H groups in total. The van der Waals surface area contributed by atoms with E-state index in [-0.39, 0.29) is 11.6 Å². The van der Waals surface area contributed by atoms with Crippen LogP contribution in [0.2, 0.25) is 0 Å². The lowest BCUT2D eigenvalue weighted by Gasteiger charge is -2.04. The largest absolute Gasteiger partial charge is 0.451 e. The van der Waals surface area contributed by atoms with Crippen molar-refractivity contribution in [2.45, 2.75) is 20.8 Å². The summed E-state index contributed by atoms with van der Waals surface area (Å²) in [6, 6.07) is 9.90. The van der Waals surface area contributed by atoms with Crippen molar-refractivity contribution in [3.8, 4) is 11.3 Å². The number of amides is 1. The topological polar surface area (TPSA) is 81.2 Å². The van der Waals surface area contributed by atoms with Gasteiger partial charge in [-0.05, 0) is 66.5 Å². The summed E-state index contributed by atoms with van der Waals surface area (Å²) in [4.78, 5) is 12.7. The second-order valence-corrected chi connectivity index (χ2v) is 6.41. The van der Waals surface area contributed by atoms with Crippen molar-refractivity contribution in [1.82, 2.24) is 10.3 Å². The molecule has 0 spiro atoms. The lowest BCUT2D eigenvalue weighted by molar-refractivity contribution is 0.0997. The number of carbonyl (C=O) groups is 1. The smallest absolute Gasteiger partial charge is 0.292 e. The number of anilines is 1. The minimum Gasteiger partial charge on any atom is -0.451 e. The van der Waals surface area contributed by atoms with Crippen molar-refractivity contribution >= 4 is 22.7 Å². The zero-order chi connectivity index (χ0) is 19.1. The summed E-state index contributed by atoms with van der Waals surface area (Å²) >= 11 is 0. The number of furan rings is 1. The van der Waals surface area contributed by atoms with Crippen LogP contribution >= 0.6 is 0 Å². The molecule has 0 saturated heterocycles. The van der Waals surface area contributed by atoms with E-state index in [2.05, 4.69) is 15.6 Å². The first-order chi connectivity index (χ1) is 12.9. The fraction of sp³-hybridized carbons (Fsp3) is 0.150. The van der Waals surface area contributed by atoms with Gasteiger partial charge in [-0.15, -0.1) is 0 Å². The van der Waals surface area contributed by atoms with E-state index in [0.717, 1.165) is 16.7 Å². The highest BCUT2D eigenvalue weighted by atomic mass is 19.1. The number of benzene rings is 2. The van der Waals surface area contributed by atoms with Gasteiger partial charge in [0.25, 0.3) is 5.91 Å². The van der Waals surface area contributed by atoms with Gasteiger partial charge in [-0.3, -0.25) is 10.1 Å². The maximum Gasteiger partial charge on any atom is 0.292 e. The van der Waals surface area contributed by atoms with Crippen molar-refractivity contribution in [3.63, 3.8) is 0 Å². The predicted octanol–water partition coefficient (Wildman–Crippen LogP) is 4.80. The summed E-state index contributed by atoms with van der Waals surface area (Å²) in [5.74, 6) is -0.625. The molecule has 0 atom stereocenters. The molecule has 136 valence electrons. The number of nitrogens with one attached hydrogen (secondary N) is 1. The fourth-order valence-corrected chi connectivity index (χ4v) is 2.92. The van der Waals surface area contributed by atoms with Gasteiger partial charge in [0.15, 0.2) is 11.5 Å². The third-order valence-electron chi connectivity index (χ3n) is 4.61. The number of halogens is 1. The Morgan fingerprint density at radius 3 is 2.63 bits per heavy atom. The quantitative estimate of drug-likeness (QED) is 0.564. The highest BCUT2D eigenvalue weighted by molar-refractivity contribution is 6.07. The summed E-state index contributed by atoms with van der Waals surface area (Å²) in [5.41, 5.74) is 4.41. The van der Waals surface area contributed by atoms with E-state index in [1.807, 2.05) is 32.0 Å². The van der Waals surface area contributed by atoms with Gasteiger partial charge in [-0.25, -0.2) is 9.02 Å². The second kappa shape index (κ2) is 6.35. The first kappa shape index (κ1) is 17.0. The van der Waals surface area contributed by atoms with E-state index in [0.29, 0.717) is 22.2 Å². The molecule has 0 radical (unpaired) electrons. The molecule has 0 fully saturated rings. The summed E-state index contributed by atoms with van der Waals surface area (Å²) in [6.07, 6.45) is 0. The Balaban J connectivity index is 1.68. The predicted molar refractivity (Wildman–Crippen MR) is 98.1 cm³/mol. The molecule has 1 amide bonds. The van der Waals surface area contributed by atoms with E-state index >= 15 is 0 Å². The Morgan fingerprint density at radius 1 is 1.04 bits per heavy atom. The van der Waals surface area contributed by atoms with Crippen molar-refractivity contribution < 1.29 is 18.2 Å². The van der Waals surface area contributed by atoms with Gasteiger partial charge in [0, 0.05) is 16.5 Å². The molecule has 2 heterocycles. The Bertz CT molecular complexity index is 1180. The maximum absolute atomic E-state index is 13.5. The highest BCUT2D eigenvalue weighted by Gasteiger charge is 2.22. The minimum atomic E-state index is -0.509. The second-order valence-electron chi connectivity index (χ2n) is 6.41. The van der Waals surface area contributed by atoms with Gasteiger partial charge in [0.05, 0.1) is 0 Å². The van der Waals surface area contributed by atoms with E-state index in [1.165, 1.54) is 18.2 Å². The molecule has 0 saturated carbocycles. The molecule has 4 rings (SSSR count). The van der Waals surface area contributed by atoms with E-state index in [1.54, 1.807) is 6.92 Å². The fourth-order valence-electron chi connectivity index (χ4n) is 2.92. The Kier molecular flexibility index (Phi) is 3.99. The van der Waals surface area contributed by atoms with Crippen molar-refractivity contribution in [3.05, 3.63) is 64.7 Å². The van der Waals surface area contributed by atoms with Crippen LogP contribution in [0.3, 0.4) is 0 Å². The first-order valence-electron chi connectivity index (χ1n) is 8.34. The molecule has 2 aromatic carbocycles. The van der Waals surface area contributed by atoms with Crippen LogP contribution in [0, 0.1) is 26.6 Å². The van der Waals surface area contributed by atoms with Crippen LogP contribution in [0.25, 0.3) is 22.2 Å². The summed E-state index contributed by atoms with van der Waals surface area (Å²) in [7, 11) is 0. The van der Waals surface area contributed by atoms with Crippen LogP contribution in [-0.4, -0.2) is 16.2 Å².